The van der Waals surface area contributed by atoms with E-state index in [1.165, 1.54) is 12.8 Å². The van der Waals surface area contributed by atoms with Crippen LogP contribution in [0.3, 0.4) is 0 Å². The van der Waals surface area contributed by atoms with E-state index in [1.807, 2.05) is 0 Å². The molecule has 2 heteroatoms. The first-order valence-electron chi connectivity index (χ1n) is 5.93. The van der Waals surface area contributed by atoms with Crippen molar-refractivity contribution >= 4 is 0 Å². The minimum atomic E-state index is 0.200. The van der Waals surface area contributed by atoms with E-state index in [0.29, 0.717) is 11.8 Å². The second-order valence-corrected chi connectivity index (χ2v) is 5.56. The first-order chi connectivity index (χ1) is 6.95. The van der Waals surface area contributed by atoms with E-state index in [2.05, 4.69) is 27.7 Å². The van der Waals surface area contributed by atoms with Crippen LogP contribution in [-0.2, 0) is 9.47 Å². The topological polar surface area (TPSA) is 18.5 Å². The third-order valence-electron chi connectivity index (χ3n) is 2.58. The summed E-state index contributed by atoms with van der Waals surface area (Å²) >= 11 is 0. The molecule has 0 saturated heterocycles. The van der Waals surface area contributed by atoms with Gasteiger partial charge in [0, 0.05) is 19.6 Å². The summed E-state index contributed by atoms with van der Waals surface area (Å²) in [5.74, 6) is 1.38. The Morgan fingerprint density at radius 3 is 1.33 bits per heavy atom. The first kappa shape index (κ1) is 14.9. The number of ether oxygens (including phenoxy) is 2. The molecule has 0 rings (SSSR count). The molecule has 0 heterocycles. The molecule has 0 aromatic heterocycles. The largest absolute Gasteiger partial charge is 0.384 e. The fourth-order valence-corrected chi connectivity index (χ4v) is 2.71. The highest BCUT2D eigenvalue weighted by Crippen LogP contribution is 2.34. The van der Waals surface area contributed by atoms with Crippen LogP contribution in [0.15, 0.2) is 0 Å². The summed E-state index contributed by atoms with van der Waals surface area (Å²) < 4.78 is 10.8. The van der Waals surface area contributed by atoms with Gasteiger partial charge in [-0.3, -0.25) is 0 Å². The Morgan fingerprint density at radius 1 is 0.800 bits per heavy atom. The van der Waals surface area contributed by atoms with Gasteiger partial charge < -0.3 is 9.47 Å². The molecule has 0 aliphatic heterocycles. The Morgan fingerprint density at radius 2 is 1.13 bits per heavy atom. The van der Waals surface area contributed by atoms with Crippen molar-refractivity contribution in [1.82, 2.24) is 0 Å². The van der Waals surface area contributed by atoms with Crippen molar-refractivity contribution in [3.63, 3.8) is 0 Å². The Labute approximate surface area is 95.3 Å². The third kappa shape index (κ3) is 6.16. The molecule has 0 saturated carbocycles. The fraction of sp³-hybridized carbons (Fsp3) is 1.00. The van der Waals surface area contributed by atoms with Crippen molar-refractivity contribution in [3.05, 3.63) is 0 Å². The van der Waals surface area contributed by atoms with Gasteiger partial charge in [-0.15, -0.1) is 0 Å². The van der Waals surface area contributed by atoms with Crippen LogP contribution in [0, 0.1) is 17.3 Å². The van der Waals surface area contributed by atoms with Crippen molar-refractivity contribution in [3.8, 4) is 0 Å². The van der Waals surface area contributed by atoms with E-state index in [0.717, 1.165) is 13.2 Å². The van der Waals surface area contributed by atoms with Gasteiger partial charge in [0.2, 0.25) is 0 Å². The van der Waals surface area contributed by atoms with Crippen LogP contribution in [-0.4, -0.2) is 27.4 Å². The summed E-state index contributed by atoms with van der Waals surface area (Å²) in [6.45, 7) is 10.7. The van der Waals surface area contributed by atoms with E-state index in [4.69, 9.17) is 9.47 Å². The van der Waals surface area contributed by atoms with Gasteiger partial charge in [0.05, 0.1) is 13.2 Å². The van der Waals surface area contributed by atoms with Gasteiger partial charge >= 0.3 is 0 Å². The molecule has 15 heavy (non-hydrogen) atoms. The summed E-state index contributed by atoms with van der Waals surface area (Å²) in [6.07, 6.45) is 2.35. The molecule has 0 N–H and O–H groups in total. The van der Waals surface area contributed by atoms with Crippen molar-refractivity contribution in [2.45, 2.75) is 40.5 Å². The van der Waals surface area contributed by atoms with Crippen molar-refractivity contribution in [2.75, 3.05) is 27.4 Å². The lowest BCUT2D eigenvalue weighted by molar-refractivity contribution is -0.0163. The predicted molar refractivity (Wildman–Crippen MR) is 65.1 cm³/mol. The van der Waals surface area contributed by atoms with Crippen LogP contribution >= 0.6 is 0 Å². The molecule has 0 spiro atoms. The maximum Gasteiger partial charge on any atom is 0.0540 e. The van der Waals surface area contributed by atoms with E-state index in [1.54, 1.807) is 14.2 Å². The van der Waals surface area contributed by atoms with Crippen LogP contribution in [0.2, 0.25) is 0 Å². The lowest BCUT2D eigenvalue weighted by Gasteiger charge is -2.35. The number of hydrogen-bond acceptors (Lipinski definition) is 2. The number of hydrogen-bond donors (Lipinski definition) is 0. The third-order valence-corrected chi connectivity index (χ3v) is 2.58. The van der Waals surface area contributed by atoms with Gasteiger partial charge in [0.15, 0.2) is 0 Å². The van der Waals surface area contributed by atoms with E-state index in [-0.39, 0.29) is 5.41 Å². The Bertz CT molecular complexity index is 135. The zero-order valence-electron chi connectivity index (χ0n) is 11.3. The normalized spacial score (nSPS) is 12.8. The molecule has 0 unspecified atom stereocenters. The Balaban J connectivity index is 4.55. The number of rotatable bonds is 8. The Kier molecular flexibility index (Phi) is 7.20. The van der Waals surface area contributed by atoms with E-state index in [9.17, 15) is 0 Å². The molecule has 0 aromatic rings. The SMILES string of the molecule is COCC(COC)(CC(C)C)CC(C)C. The number of methoxy groups -OCH3 is 2. The van der Waals surface area contributed by atoms with Crippen LogP contribution in [0.25, 0.3) is 0 Å². The molecular formula is C13H28O2. The average Bonchev–Trinajstić information content (AvgIpc) is 2.01. The molecule has 0 aromatic carbocycles. The summed E-state index contributed by atoms with van der Waals surface area (Å²) in [5.41, 5.74) is 0.200. The van der Waals surface area contributed by atoms with Crippen molar-refractivity contribution in [2.24, 2.45) is 17.3 Å². The smallest absolute Gasteiger partial charge is 0.0540 e. The van der Waals surface area contributed by atoms with E-state index < -0.39 is 0 Å². The quantitative estimate of drug-likeness (QED) is 0.619. The lowest BCUT2D eigenvalue weighted by atomic mass is 9.75. The fourth-order valence-electron chi connectivity index (χ4n) is 2.71. The second-order valence-electron chi connectivity index (χ2n) is 5.56. The van der Waals surface area contributed by atoms with Crippen molar-refractivity contribution in [1.29, 1.82) is 0 Å². The molecule has 0 aliphatic carbocycles. The van der Waals surface area contributed by atoms with Gasteiger partial charge in [-0.25, -0.2) is 0 Å². The maximum atomic E-state index is 5.38. The molecule has 0 amide bonds. The summed E-state index contributed by atoms with van der Waals surface area (Å²) in [7, 11) is 3.57. The molecule has 0 atom stereocenters. The highest BCUT2D eigenvalue weighted by atomic mass is 16.5. The highest BCUT2D eigenvalue weighted by Gasteiger charge is 2.32. The standard InChI is InChI=1S/C13H28O2/c1-11(2)7-13(9-14-5,10-15-6)8-12(3)4/h11-12H,7-10H2,1-6H3. The molecule has 92 valence electrons. The zero-order chi connectivity index (χ0) is 11.9. The molecule has 0 bridgehead atoms. The van der Waals surface area contributed by atoms with Gasteiger partial charge in [0.1, 0.15) is 0 Å². The second kappa shape index (κ2) is 7.24. The van der Waals surface area contributed by atoms with Gasteiger partial charge in [-0.05, 0) is 24.7 Å². The highest BCUT2D eigenvalue weighted by molar-refractivity contribution is 4.81. The minimum Gasteiger partial charge on any atom is -0.384 e. The van der Waals surface area contributed by atoms with Gasteiger partial charge in [-0.2, -0.15) is 0 Å². The molecular weight excluding hydrogens is 188 g/mol. The Hall–Kier alpha value is -0.0800. The van der Waals surface area contributed by atoms with Gasteiger partial charge in [-0.1, -0.05) is 27.7 Å². The summed E-state index contributed by atoms with van der Waals surface area (Å²) in [5, 5.41) is 0. The van der Waals surface area contributed by atoms with Crippen LogP contribution in [0.5, 0.6) is 0 Å². The summed E-state index contributed by atoms with van der Waals surface area (Å²) in [6, 6.07) is 0. The molecule has 0 aliphatic rings. The van der Waals surface area contributed by atoms with Crippen LogP contribution in [0.1, 0.15) is 40.5 Å². The average molecular weight is 216 g/mol. The lowest BCUT2D eigenvalue weighted by Crippen LogP contribution is -2.34. The molecule has 2 nitrogen and oxygen atoms in total. The van der Waals surface area contributed by atoms with Crippen LogP contribution < -0.4 is 0 Å². The van der Waals surface area contributed by atoms with E-state index >= 15 is 0 Å². The van der Waals surface area contributed by atoms with Crippen molar-refractivity contribution < 1.29 is 9.47 Å². The van der Waals surface area contributed by atoms with Crippen LogP contribution in [0.4, 0.5) is 0 Å². The zero-order valence-corrected chi connectivity index (χ0v) is 11.3. The minimum absolute atomic E-state index is 0.200. The summed E-state index contributed by atoms with van der Waals surface area (Å²) in [4.78, 5) is 0. The monoisotopic (exact) mass is 216 g/mol. The first-order valence-corrected chi connectivity index (χ1v) is 5.93. The van der Waals surface area contributed by atoms with Gasteiger partial charge in [0.25, 0.3) is 0 Å². The molecule has 0 radical (unpaired) electrons. The molecule has 0 fully saturated rings. The maximum absolute atomic E-state index is 5.38. The predicted octanol–water partition coefficient (Wildman–Crippen LogP) is 3.36.